The van der Waals surface area contributed by atoms with Crippen LogP contribution in [0.3, 0.4) is 0 Å². The van der Waals surface area contributed by atoms with Crippen LogP contribution in [-0.2, 0) is 12.8 Å². The van der Waals surface area contributed by atoms with Crippen molar-refractivity contribution in [1.82, 2.24) is 4.90 Å². The van der Waals surface area contributed by atoms with Gasteiger partial charge in [0, 0.05) is 23.7 Å². The number of hydrogen-bond donors (Lipinski definition) is 0. The third-order valence-electron chi connectivity index (χ3n) is 4.91. The number of benzene rings is 2. The molecule has 0 spiro atoms. The van der Waals surface area contributed by atoms with Crippen LogP contribution in [0.1, 0.15) is 29.7 Å². The zero-order valence-electron chi connectivity index (χ0n) is 13.1. The highest BCUT2D eigenvalue weighted by Crippen LogP contribution is 2.45. The molecule has 2 aromatic carbocycles. The largest absolute Gasteiger partial charge is 0.497 e. The SMILES string of the molecule is CCN1CCc2cccc3c2C1Cc1cc(OC)ccc1O3. The maximum absolute atomic E-state index is 6.26. The van der Waals surface area contributed by atoms with E-state index in [1.54, 1.807) is 7.11 Å². The molecule has 0 amide bonds. The van der Waals surface area contributed by atoms with Crippen LogP contribution in [0, 0.1) is 0 Å². The highest BCUT2D eigenvalue weighted by molar-refractivity contribution is 5.52. The van der Waals surface area contributed by atoms with Crippen molar-refractivity contribution in [3.05, 3.63) is 53.1 Å². The van der Waals surface area contributed by atoms with Gasteiger partial charge in [0.2, 0.25) is 0 Å². The van der Waals surface area contributed by atoms with E-state index in [-0.39, 0.29) is 0 Å². The molecule has 0 saturated carbocycles. The second kappa shape index (κ2) is 5.33. The molecule has 0 aliphatic carbocycles. The molecule has 0 bridgehead atoms. The molecule has 0 aromatic heterocycles. The number of likely N-dealkylation sites (N-methyl/N-ethyl adjacent to an activating group) is 1. The molecular weight excluding hydrogens is 274 g/mol. The summed E-state index contributed by atoms with van der Waals surface area (Å²) in [6.45, 7) is 4.43. The van der Waals surface area contributed by atoms with Crippen molar-refractivity contribution >= 4 is 0 Å². The summed E-state index contributed by atoms with van der Waals surface area (Å²) < 4.78 is 11.6. The molecule has 2 aliphatic heterocycles. The van der Waals surface area contributed by atoms with Crippen molar-refractivity contribution in [1.29, 1.82) is 0 Å². The van der Waals surface area contributed by atoms with E-state index in [0.29, 0.717) is 6.04 Å². The number of hydrogen-bond acceptors (Lipinski definition) is 3. The van der Waals surface area contributed by atoms with Crippen molar-refractivity contribution < 1.29 is 9.47 Å². The van der Waals surface area contributed by atoms with Crippen LogP contribution < -0.4 is 9.47 Å². The highest BCUT2D eigenvalue weighted by atomic mass is 16.5. The van der Waals surface area contributed by atoms with E-state index >= 15 is 0 Å². The van der Waals surface area contributed by atoms with E-state index in [2.05, 4.69) is 36.1 Å². The minimum absolute atomic E-state index is 0.401. The van der Waals surface area contributed by atoms with Crippen molar-refractivity contribution in [2.75, 3.05) is 20.2 Å². The molecule has 114 valence electrons. The Bertz CT molecular complexity index is 711. The Morgan fingerprint density at radius 3 is 2.91 bits per heavy atom. The van der Waals surface area contributed by atoms with Gasteiger partial charge in [0.05, 0.1) is 7.11 Å². The van der Waals surface area contributed by atoms with Crippen LogP contribution in [0.5, 0.6) is 17.2 Å². The molecule has 1 atom stereocenters. The Labute approximate surface area is 131 Å². The highest BCUT2D eigenvalue weighted by Gasteiger charge is 2.32. The molecular formula is C19H21NO2. The van der Waals surface area contributed by atoms with Crippen molar-refractivity contribution in [3.8, 4) is 17.2 Å². The van der Waals surface area contributed by atoms with Crippen LogP contribution >= 0.6 is 0 Å². The number of fused-ring (bicyclic) bond motifs is 1. The van der Waals surface area contributed by atoms with Crippen molar-refractivity contribution in [3.63, 3.8) is 0 Å². The second-order valence-electron chi connectivity index (χ2n) is 6.00. The zero-order valence-corrected chi connectivity index (χ0v) is 13.1. The van der Waals surface area contributed by atoms with E-state index in [9.17, 15) is 0 Å². The quantitative estimate of drug-likeness (QED) is 0.837. The van der Waals surface area contributed by atoms with Crippen LogP contribution in [0.15, 0.2) is 36.4 Å². The van der Waals surface area contributed by atoms with Crippen LogP contribution in [-0.4, -0.2) is 25.1 Å². The first kappa shape index (κ1) is 13.6. The van der Waals surface area contributed by atoms with Gasteiger partial charge in [0.15, 0.2) is 0 Å². The molecule has 0 N–H and O–H groups in total. The van der Waals surface area contributed by atoms with E-state index in [1.807, 2.05) is 12.1 Å². The normalized spacial score (nSPS) is 19.6. The van der Waals surface area contributed by atoms with Crippen molar-refractivity contribution in [2.45, 2.75) is 25.8 Å². The van der Waals surface area contributed by atoms with Crippen LogP contribution in [0.25, 0.3) is 0 Å². The lowest BCUT2D eigenvalue weighted by Crippen LogP contribution is -2.36. The van der Waals surface area contributed by atoms with Crippen LogP contribution in [0.4, 0.5) is 0 Å². The van der Waals surface area contributed by atoms with Gasteiger partial charge in [-0.1, -0.05) is 19.1 Å². The number of nitrogens with zero attached hydrogens (tertiary/aromatic N) is 1. The molecule has 1 unspecified atom stereocenters. The number of methoxy groups -OCH3 is 1. The fourth-order valence-electron chi connectivity index (χ4n) is 3.76. The molecule has 3 heteroatoms. The predicted molar refractivity (Wildman–Crippen MR) is 86.9 cm³/mol. The summed E-state index contributed by atoms with van der Waals surface area (Å²) in [4.78, 5) is 2.56. The molecule has 0 saturated heterocycles. The molecule has 22 heavy (non-hydrogen) atoms. The van der Waals surface area contributed by atoms with Gasteiger partial charge in [-0.3, -0.25) is 4.90 Å². The first-order valence-electron chi connectivity index (χ1n) is 8.00. The van der Waals surface area contributed by atoms with Gasteiger partial charge in [-0.2, -0.15) is 0 Å². The number of rotatable bonds is 2. The summed E-state index contributed by atoms with van der Waals surface area (Å²) in [5.74, 6) is 2.87. The van der Waals surface area contributed by atoms with Gasteiger partial charge in [-0.15, -0.1) is 0 Å². The van der Waals surface area contributed by atoms with Gasteiger partial charge < -0.3 is 9.47 Å². The molecule has 4 rings (SSSR count). The zero-order chi connectivity index (χ0) is 15.1. The minimum atomic E-state index is 0.401. The Hall–Kier alpha value is -2.00. The Balaban J connectivity index is 1.87. The summed E-state index contributed by atoms with van der Waals surface area (Å²) in [6.07, 6.45) is 2.08. The molecule has 3 nitrogen and oxygen atoms in total. The fourth-order valence-corrected chi connectivity index (χ4v) is 3.76. The minimum Gasteiger partial charge on any atom is -0.497 e. The van der Waals surface area contributed by atoms with Gasteiger partial charge in [0.25, 0.3) is 0 Å². The lowest BCUT2D eigenvalue weighted by atomic mass is 9.88. The summed E-state index contributed by atoms with van der Waals surface area (Å²) in [5.41, 5.74) is 4.05. The molecule has 0 radical (unpaired) electrons. The summed E-state index contributed by atoms with van der Waals surface area (Å²) in [5, 5.41) is 0. The monoisotopic (exact) mass is 295 g/mol. The smallest absolute Gasteiger partial charge is 0.132 e. The molecule has 2 heterocycles. The number of ether oxygens (including phenoxy) is 2. The lowest BCUT2D eigenvalue weighted by molar-refractivity contribution is 0.193. The predicted octanol–water partition coefficient (Wildman–Crippen LogP) is 3.96. The third kappa shape index (κ3) is 2.08. The van der Waals surface area contributed by atoms with Crippen molar-refractivity contribution in [2.24, 2.45) is 0 Å². The van der Waals surface area contributed by atoms with Gasteiger partial charge in [0.1, 0.15) is 17.2 Å². The molecule has 2 aliphatic rings. The Morgan fingerprint density at radius 2 is 2.09 bits per heavy atom. The van der Waals surface area contributed by atoms with Crippen LogP contribution in [0.2, 0.25) is 0 Å². The lowest BCUT2D eigenvalue weighted by Gasteiger charge is -2.36. The summed E-state index contributed by atoms with van der Waals surface area (Å²) in [6, 6.07) is 13.0. The molecule has 2 aromatic rings. The maximum Gasteiger partial charge on any atom is 0.132 e. The Morgan fingerprint density at radius 1 is 1.18 bits per heavy atom. The van der Waals surface area contributed by atoms with Gasteiger partial charge in [-0.05, 0) is 49.2 Å². The second-order valence-corrected chi connectivity index (χ2v) is 6.00. The summed E-state index contributed by atoms with van der Waals surface area (Å²) in [7, 11) is 1.71. The van der Waals surface area contributed by atoms with Gasteiger partial charge >= 0.3 is 0 Å². The average Bonchev–Trinajstić information content (AvgIpc) is 2.72. The summed E-state index contributed by atoms with van der Waals surface area (Å²) >= 11 is 0. The first-order valence-corrected chi connectivity index (χ1v) is 8.00. The van der Waals surface area contributed by atoms with E-state index in [1.165, 1.54) is 16.7 Å². The fraction of sp³-hybridized carbons (Fsp3) is 0.368. The first-order chi connectivity index (χ1) is 10.8. The van der Waals surface area contributed by atoms with Gasteiger partial charge in [-0.25, -0.2) is 0 Å². The maximum atomic E-state index is 6.26. The van der Waals surface area contributed by atoms with E-state index in [4.69, 9.17) is 9.47 Å². The molecule has 0 fully saturated rings. The average molecular weight is 295 g/mol. The van der Waals surface area contributed by atoms with E-state index < -0.39 is 0 Å². The van der Waals surface area contributed by atoms with E-state index in [0.717, 1.165) is 43.2 Å². The standard InChI is InChI=1S/C19H21NO2/c1-3-20-10-9-13-5-4-6-18-19(13)16(20)12-14-11-15(21-2)7-8-17(14)22-18/h4-8,11,16H,3,9-10,12H2,1-2H3. The topological polar surface area (TPSA) is 21.7 Å². The Kier molecular flexibility index (Phi) is 3.30. The third-order valence-corrected chi connectivity index (χ3v) is 4.91.